The summed E-state index contributed by atoms with van der Waals surface area (Å²) in [6.45, 7) is 1.78. The molecule has 0 saturated carbocycles. The first-order valence-electron chi connectivity index (χ1n) is 5.50. The predicted molar refractivity (Wildman–Crippen MR) is 68.1 cm³/mol. The summed E-state index contributed by atoms with van der Waals surface area (Å²) >= 11 is 0. The van der Waals surface area contributed by atoms with Crippen LogP contribution >= 0.6 is 0 Å². The fourth-order valence-corrected chi connectivity index (χ4v) is 1.49. The average Bonchev–Trinajstić information content (AvgIpc) is 2.39. The van der Waals surface area contributed by atoms with Crippen molar-refractivity contribution in [1.29, 1.82) is 0 Å². The van der Waals surface area contributed by atoms with Gasteiger partial charge >= 0.3 is 5.97 Å². The van der Waals surface area contributed by atoms with Crippen molar-refractivity contribution in [3.8, 4) is 0 Å². The van der Waals surface area contributed by atoms with Crippen LogP contribution in [0, 0.1) is 6.92 Å². The second-order valence-electron chi connectivity index (χ2n) is 3.85. The highest BCUT2D eigenvalue weighted by Crippen LogP contribution is 2.10. The molecule has 0 aliphatic heterocycles. The number of amides is 1. The number of nitrogens with zero attached hydrogens (tertiary/aromatic N) is 2. The summed E-state index contributed by atoms with van der Waals surface area (Å²) in [5.74, 6) is -1.55. The number of hydrogen-bond acceptors (Lipinski definition) is 4. The number of carboxylic acid groups (broad SMARTS) is 1. The lowest BCUT2D eigenvalue weighted by Gasteiger charge is -2.05. The highest BCUT2D eigenvalue weighted by molar-refractivity contribution is 6.03. The quantitative estimate of drug-likeness (QED) is 0.873. The molecule has 2 aromatic heterocycles. The van der Waals surface area contributed by atoms with Crippen molar-refractivity contribution in [1.82, 2.24) is 9.97 Å². The molecule has 0 spiro atoms. The third-order valence-electron chi connectivity index (χ3n) is 2.36. The molecule has 0 fully saturated rings. The van der Waals surface area contributed by atoms with Crippen LogP contribution in [-0.2, 0) is 0 Å². The third kappa shape index (κ3) is 3.12. The van der Waals surface area contributed by atoms with Gasteiger partial charge in [-0.15, -0.1) is 0 Å². The highest BCUT2D eigenvalue weighted by atomic mass is 16.4. The van der Waals surface area contributed by atoms with Crippen LogP contribution in [0.5, 0.6) is 0 Å². The van der Waals surface area contributed by atoms with E-state index in [-0.39, 0.29) is 11.4 Å². The second-order valence-corrected chi connectivity index (χ2v) is 3.85. The molecule has 6 heteroatoms. The molecule has 2 rings (SSSR count). The van der Waals surface area contributed by atoms with Gasteiger partial charge in [0.1, 0.15) is 11.4 Å². The highest BCUT2D eigenvalue weighted by Gasteiger charge is 2.10. The maximum atomic E-state index is 11.9. The maximum Gasteiger partial charge on any atom is 0.354 e. The van der Waals surface area contributed by atoms with Crippen LogP contribution in [-0.4, -0.2) is 27.0 Å². The number of carboxylic acids is 1. The van der Waals surface area contributed by atoms with E-state index in [9.17, 15) is 9.59 Å². The average molecular weight is 257 g/mol. The van der Waals surface area contributed by atoms with Gasteiger partial charge in [-0.05, 0) is 31.2 Å². The van der Waals surface area contributed by atoms with E-state index in [1.165, 1.54) is 18.3 Å². The van der Waals surface area contributed by atoms with E-state index in [2.05, 4.69) is 15.3 Å². The van der Waals surface area contributed by atoms with E-state index in [4.69, 9.17) is 5.11 Å². The summed E-state index contributed by atoms with van der Waals surface area (Å²) in [5, 5.41) is 11.4. The van der Waals surface area contributed by atoms with Gasteiger partial charge in [0, 0.05) is 17.6 Å². The van der Waals surface area contributed by atoms with Crippen molar-refractivity contribution in [3.05, 3.63) is 53.6 Å². The Morgan fingerprint density at radius 1 is 1.21 bits per heavy atom. The van der Waals surface area contributed by atoms with E-state index < -0.39 is 11.9 Å². The lowest BCUT2D eigenvalue weighted by Crippen LogP contribution is -2.14. The van der Waals surface area contributed by atoms with Crippen LogP contribution in [0.2, 0.25) is 0 Å². The van der Waals surface area contributed by atoms with E-state index in [1.807, 2.05) is 0 Å². The van der Waals surface area contributed by atoms with Crippen LogP contribution in [0.1, 0.15) is 26.7 Å². The number of nitrogens with one attached hydrogen (secondary N) is 1. The zero-order valence-corrected chi connectivity index (χ0v) is 10.1. The number of pyridine rings is 2. The number of hydrogen-bond donors (Lipinski definition) is 2. The molecule has 0 radical (unpaired) electrons. The molecule has 0 saturated heterocycles. The van der Waals surface area contributed by atoms with Gasteiger partial charge < -0.3 is 10.4 Å². The van der Waals surface area contributed by atoms with Gasteiger partial charge in [0.15, 0.2) is 0 Å². The smallest absolute Gasteiger partial charge is 0.354 e. The molecule has 0 aliphatic carbocycles. The Hall–Kier alpha value is -2.76. The number of carbonyl (C=O) groups is 2. The lowest BCUT2D eigenvalue weighted by atomic mass is 10.2. The van der Waals surface area contributed by atoms with E-state index in [0.29, 0.717) is 5.69 Å². The normalized spacial score (nSPS) is 9.95. The van der Waals surface area contributed by atoms with Crippen LogP contribution in [0.3, 0.4) is 0 Å². The van der Waals surface area contributed by atoms with E-state index in [0.717, 1.165) is 5.69 Å². The minimum Gasteiger partial charge on any atom is -0.477 e. The molecule has 2 heterocycles. The summed E-state index contributed by atoms with van der Waals surface area (Å²) in [5.41, 5.74) is 1.23. The molecule has 1 amide bonds. The molecular formula is C13H11N3O3. The van der Waals surface area contributed by atoms with Crippen molar-refractivity contribution in [2.24, 2.45) is 0 Å². The summed E-state index contributed by atoms with van der Waals surface area (Å²) in [6.07, 6.45) is 1.32. The molecule has 0 aliphatic rings. The number of carbonyl (C=O) groups excluding carboxylic acids is 1. The molecule has 6 nitrogen and oxygen atoms in total. The van der Waals surface area contributed by atoms with Gasteiger partial charge in [-0.25, -0.2) is 14.8 Å². The van der Waals surface area contributed by atoms with Crippen molar-refractivity contribution >= 4 is 17.6 Å². The molecular weight excluding hydrogens is 246 g/mol. The number of aromatic carboxylic acids is 1. The molecule has 0 atom stereocenters. The Morgan fingerprint density at radius 3 is 2.68 bits per heavy atom. The third-order valence-corrected chi connectivity index (χ3v) is 2.36. The number of aryl methyl sites for hydroxylation is 1. The van der Waals surface area contributed by atoms with Gasteiger partial charge in [-0.1, -0.05) is 6.07 Å². The maximum absolute atomic E-state index is 11.9. The van der Waals surface area contributed by atoms with Crippen molar-refractivity contribution in [3.63, 3.8) is 0 Å². The van der Waals surface area contributed by atoms with Gasteiger partial charge in [0.25, 0.3) is 5.91 Å². The lowest BCUT2D eigenvalue weighted by molar-refractivity contribution is 0.0690. The second kappa shape index (κ2) is 5.26. The number of anilines is 1. The fraction of sp³-hybridized carbons (Fsp3) is 0.0769. The predicted octanol–water partition coefficient (Wildman–Crippen LogP) is 1.74. The molecule has 2 aromatic rings. The number of aromatic nitrogens is 2. The Balaban J connectivity index is 2.19. The molecule has 0 aromatic carbocycles. The minimum atomic E-state index is -1.15. The minimum absolute atomic E-state index is 0.130. The van der Waals surface area contributed by atoms with Gasteiger partial charge in [-0.2, -0.15) is 0 Å². The molecule has 19 heavy (non-hydrogen) atoms. The van der Waals surface area contributed by atoms with Crippen molar-refractivity contribution < 1.29 is 14.7 Å². The first-order valence-corrected chi connectivity index (χ1v) is 5.50. The SMILES string of the molecule is Cc1cccc(C(=O)Nc2ccnc(C(=O)O)c2)n1. The van der Waals surface area contributed by atoms with Crippen molar-refractivity contribution in [2.45, 2.75) is 6.92 Å². The largest absolute Gasteiger partial charge is 0.477 e. The number of rotatable bonds is 3. The monoisotopic (exact) mass is 257 g/mol. The van der Waals surface area contributed by atoms with Crippen LogP contribution in [0.25, 0.3) is 0 Å². The Morgan fingerprint density at radius 2 is 2.00 bits per heavy atom. The zero-order valence-electron chi connectivity index (χ0n) is 10.1. The summed E-state index contributed by atoms with van der Waals surface area (Å²) in [4.78, 5) is 30.4. The van der Waals surface area contributed by atoms with Gasteiger partial charge in [0.05, 0.1) is 0 Å². The van der Waals surface area contributed by atoms with Crippen molar-refractivity contribution in [2.75, 3.05) is 5.32 Å². The molecule has 0 bridgehead atoms. The molecule has 96 valence electrons. The Kier molecular flexibility index (Phi) is 3.51. The summed E-state index contributed by atoms with van der Waals surface area (Å²) < 4.78 is 0. The molecule has 0 unspecified atom stereocenters. The zero-order chi connectivity index (χ0) is 13.8. The molecule has 2 N–H and O–H groups in total. The van der Waals surface area contributed by atoms with Crippen LogP contribution < -0.4 is 5.32 Å². The first kappa shape index (κ1) is 12.7. The fourth-order valence-electron chi connectivity index (χ4n) is 1.49. The van der Waals surface area contributed by atoms with E-state index >= 15 is 0 Å². The standard InChI is InChI=1S/C13H11N3O3/c1-8-3-2-4-10(15-8)12(17)16-9-5-6-14-11(7-9)13(18)19/h2-7H,1H3,(H,18,19)(H,14,16,17). The summed E-state index contributed by atoms with van der Waals surface area (Å²) in [7, 11) is 0. The summed E-state index contributed by atoms with van der Waals surface area (Å²) in [6, 6.07) is 7.90. The van der Waals surface area contributed by atoms with E-state index in [1.54, 1.807) is 25.1 Å². The van der Waals surface area contributed by atoms with Gasteiger partial charge in [0.2, 0.25) is 0 Å². The Bertz CT molecular complexity index is 641. The Labute approximate surface area is 109 Å². The van der Waals surface area contributed by atoms with Crippen LogP contribution in [0.4, 0.5) is 5.69 Å². The first-order chi connectivity index (χ1) is 9.06. The van der Waals surface area contributed by atoms with Gasteiger partial charge in [-0.3, -0.25) is 4.79 Å². The van der Waals surface area contributed by atoms with Crippen LogP contribution in [0.15, 0.2) is 36.5 Å². The topological polar surface area (TPSA) is 92.2 Å².